The Bertz CT molecular complexity index is 1360. The lowest BCUT2D eigenvalue weighted by Crippen LogP contribution is -2.31. The lowest BCUT2D eigenvalue weighted by molar-refractivity contribution is 0.0730. The number of rotatable bonds is 4. The van der Waals surface area contributed by atoms with E-state index in [1.165, 1.54) is 0 Å². The van der Waals surface area contributed by atoms with Crippen LogP contribution < -0.4 is 5.43 Å². The first-order valence-electron chi connectivity index (χ1n) is 9.93. The minimum atomic E-state index is -0.655. The highest BCUT2D eigenvalue weighted by Gasteiger charge is 2.42. The largest absolute Gasteiger partial charge is 0.508 e. The van der Waals surface area contributed by atoms with Crippen molar-refractivity contribution < 1.29 is 14.3 Å². The van der Waals surface area contributed by atoms with Crippen LogP contribution in [0.4, 0.5) is 0 Å². The molecule has 154 valence electrons. The van der Waals surface area contributed by atoms with E-state index in [4.69, 9.17) is 16.0 Å². The van der Waals surface area contributed by atoms with E-state index in [0.29, 0.717) is 34.5 Å². The van der Waals surface area contributed by atoms with Crippen molar-refractivity contribution in [1.29, 1.82) is 0 Å². The molecule has 0 saturated carbocycles. The Kier molecular flexibility index (Phi) is 4.75. The summed E-state index contributed by atoms with van der Waals surface area (Å²) in [7, 11) is 0. The average Bonchev–Trinajstić information content (AvgIpc) is 3.05. The minimum absolute atomic E-state index is 0.0428. The standard InChI is InChI=1S/C25H18ClNO4/c26-17-9-10-20-19(14-17)23(29)21-22(16-7-4-8-18(28)13-16)27(25(30)24(21)31-20)12-11-15-5-2-1-3-6-15/h1-10,13-14,22,28H,11-12H2/t22-/m0/s1. The van der Waals surface area contributed by atoms with Gasteiger partial charge in [-0.1, -0.05) is 54.1 Å². The highest BCUT2D eigenvalue weighted by Crippen LogP contribution is 2.39. The third-order valence-corrected chi connectivity index (χ3v) is 5.83. The van der Waals surface area contributed by atoms with E-state index in [-0.39, 0.29) is 28.4 Å². The second kappa shape index (κ2) is 7.60. The molecule has 1 aromatic heterocycles. The molecule has 1 atom stereocenters. The number of nitrogens with zero attached hydrogens (tertiary/aromatic N) is 1. The van der Waals surface area contributed by atoms with Crippen molar-refractivity contribution in [3.05, 3.63) is 110 Å². The zero-order valence-electron chi connectivity index (χ0n) is 16.4. The summed E-state index contributed by atoms with van der Waals surface area (Å²) in [4.78, 5) is 28.4. The minimum Gasteiger partial charge on any atom is -0.508 e. The van der Waals surface area contributed by atoms with Gasteiger partial charge in [0.1, 0.15) is 11.3 Å². The first kappa shape index (κ1) is 19.4. The number of phenols is 1. The predicted octanol–water partition coefficient (Wildman–Crippen LogP) is 4.94. The fraction of sp³-hybridized carbons (Fsp3) is 0.120. The van der Waals surface area contributed by atoms with Crippen molar-refractivity contribution in [1.82, 2.24) is 4.90 Å². The summed E-state index contributed by atoms with van der Waals surface area (Å²) in [6.45, 7) is 0.393. The van der Waals surface area contributed by atoms with Crippen molar-refractivity contribution >= 4 is 28.5 Å². The summed E-state index contributed by atoms with van der Waals surface area (Å²) in [6, 6.07) is 20.6. The zero-order chi connectivity index (χ0) is 21.5. The highest BCUT2D eigenvalue weighted by atomic mass is 35.5. The van der Waals surface area contributed by atoms with Gasteiger partial charge in [0.25, 0.3) is 5.91 Å². The van der Waals surface area contributed by atoms with Gasteiger partial charge in [-0.25, -0.2) is 0 Å². The molecule has 1 N–H and O–H groups in total. The summed E-state index contributed by atoms with van der Waals surface area (Å²) in [5.74, 6) is -0.232. The number of benzene rings is 3. The van der Waals surface area contributed by atoms with Gasteiger partial charge in [-0.3, -0.25) is 9.59 Å². The molecule has 0 saturated heterocycles. The maximum atomic E-state index is 13.4. The number of phenolic OH excluding ortho intramolecular Hbond substituents is 1. The number of carbonyl (C=O) groups excluding carboxylic acids is 1. The van der Waals surface area contributed by atoms with Gasteiger partial charge in [-0.2, -0.15) is 0 Å². The topological polar surface area (TPSA) is 70.8 Å². The van der Waals surface area contributed by atoms with E-state index in [2.05, 4.69) is 0 Å². The Morgan fingerprint density at radius 3 is 2.55 bits per heavy atom. The number of carbonyl (C=O) groups is 1. The quantitative estimate of drug-likeness (QED) is 0.497. The van der Waals surface area contributed by atoms with Crippen LogP contribution in [-0.2, 0) is 6.42 Å². The van der Waals surface area contributed by atoms with Gasteiger partial charge in [-0.15, -0.1) is 0 Å². The Morgan fingerprint density at radius 1 is 0.968 bits per heavy atom. The van der Waals surface area contributed by atoms with Crippen molar-refractivity contribution in [2.45, 2.75) is 12.5 Å². The fourth-order valence-electron chi connectivity index (χ4n) is 4.16. The third-order valence-electron chi connectivity index (χ3n) is 5.60. The van der Waals surface area contributed by atoms with Crippen molar-refractivity contribution in [3.8, 4) is 5.75 Å². The Labute approximate surface area is 183 Å². The van der Waals surface area contributed by atoms with Crippen molar-refractivity contribution in [3.63, 3.8) is 0 Å². The van der Waals surface area contributed by atoms with Crippen LogP contribution in [-0.4, -0.2) is 22.5 Å². The highest BCUT2D eigenvalue weighted by molar-refractivity contribution is 6.31. The fourth-order valence-corrected chi connectivity index (χ4v) is 4.33. The molecule has 0 radical (unpaired) electrons. The van der Waals surface area contributed by atoms with Gasteiger partial charge in [0.2, 0.25) is 5.76 Å². The lowest BCUT2D eigenvalue weighted by Gasteiger charge is -2.25. The number of amides is 1. The molecule has 1 aliphatic heterocycles. The van der Waals surface area contributed by atoms with Gasteiger partial charge in [0.15, 0.2) is 5.43 Å². The van der Waals surface area contributed by atoms with Crippen LogP contribution >= 0.6 is 11.6 Å². The van der Waals surface area contributed by atoms with Gasteiger partial charge in [0.05, 0.1) is 17.0 Å². The van der Waals surface area contributed by atoms with Crippen LogP contribution in [0.2, 0.25) is 5.02 Å². The molecule has 3 aromatic carbocycles. The molecular formula is C25H18ClNO4. The maximum Gasteiger partial charge on any atom is 0.290 e. The molecule has 0 bridgehead atoms. The predicted molar refractivity (Wildman–Crippen MR) is 119 cm³/mol. The zero-order valence-corrected chi connectivity index (χ0v) is 17.2. The summed E-state index contributed by atoms with van der Waals surface area (Å²) in [5, 5.41) is 10.8. The van der Waals surface area contributed by atoms with E-state index < -0.39 is 6.04 Å². The second-order valence-corrected chi connectivity index (χ2v) is 7.98. The number of hydrogen-bond donors (Lipinski definition) is 1. The molecular weight excluding hydrogens is 414 g/mol. The first-order chi connectivity index (χ1) is 15.0. The Morgan fingerprint density at radius 2 is 1.77 bits per heavy atom. The molecule has 5 rings (SSSR count). The Hall–Kier alpha value is -3.57. The van der Waals surface area contributed by atoms with Crippen LogP contribution in [0.5, 0.6) is 5.75 Å². The van der Waals surface area contributed by atoms with Crippen LogP contribution in [0, 0.1) is 0 Å². The van der Waals surface area contributed by atoms with E-state index in [1.807, 2.05) is 30.3 Å². The number of halogens is 1. The van der Waals surface area contributed by atoms with Gasteiger partial charge in [0, 0.05) is 11.6 Å². The van der Waals surface area contributed by atoms with Gasteiger partial charge in [-0.05, 0) is 47.9 Å². The van der Waals surface area contributed by atoms with E-state index in [0.717, 1.165) is 5.56 Å². The molecule has 0 aliphatic carbocycles. The maximum absolute atomic E-state index is 13.4. The summed E-state index contributed by atoms with van der Waals surface area (Å²) >= 11 is 6.10. The molecule has 5 nitrogen and oxygen atoms in total. The molecule has 0 unspecified atom stereocenters. The smallest absolute Gasteiger partial charge is 0.290 e. The van der Waals surface area contributed by atoms with Gasteiger partial charge < -0.3 is 14.4 Å². The van der Waals surface area contributed by atoms with Crippen LogP contribution in [0.1, 0.15) is 33.3 Å². The first-order valence-corrected chi connectivity index (χ1v) is 10.3. The monoisotopic (exact) mass is 431 g/mol. The average molecular weight is 432 g/mol. The molecule has 1 amide bonds. The summed E-state index contributed by atoms with van der Waals surface area (Å²) in [5.41, 5.74) is 2.04. The SMILES string of the molecule is O=C1c2oc3ccc(Cl)cc3c(=O)c2[C@H](c2cccc(O)c2)N1CCc1ccccc1. The molecule has 6 heteroatoms. The number of hydrogen-bond acceptors (Lipinski definition) is 4. The molecule has 0 spiro atoms. The van der Waals surface area contributed by atoms with Crippen molar-refractivity contribution in [2.24, 2.45) is 0 Å². The number of fused-ring (bicyclic) bond motifs is 2. The van der Waals surface area contributed by atoms with Crippen LogP contribution in [0.15, 0.2) is 82.0 Å². The summed E-state index contributed by atoms with van der Waals surface area (Å²) in [6.07, 6.45) is 0.620. The van der Waals surface area contributed by atoms with Gasteiger partial charge >= 0.3 is 0 Å². The number of aromatic hydroxyl groups is 1. The molecule has 2 heterocycles. The molecule has 1 aliphatic rings. The normalized spacial score (nSPS) is 15.5. The van der Waals surface area contributed by atoms with Crippen molar-refractivity contribution in [2.75, 3.05) is 6.54 Å². The van der Waals surface area contributed by atoms with Crippen LogP contribution in [0.3, 0.4) is 0 Å². The molecule has 0 fully saturated rings. The lowest BCUT2D eigenvalue weighted by atomic mass is 9.98. The second-order valence-electron chi connectivity index (χ2n) is 7.55. The summed E-state index contributed by atoms with van der Waals surface area (Å²) < 4.78 is 5.90. The van der Waals surface area contributed by atoms with E-state index >= 15 is 0 Å². The molecule has 31 heavy (non-hydrogen) atoms. The van der Waals surface area contributed by atoms with E-state index in [1.54, 1.807) is 47.4 Å². The third kappa shape index (κ3) is 3.37. The van der Waals surface area contributed by atoms with E-state index in [9.17, 15) is 14.7 Å². The van der Waals surface area contributed by atoms with Crippen LogP contribution in [0.25, 0.3) is 11.0 Å². The Balaban J connectivity index is 1.67. The molecule has 4 aromatic rings.